The van der Waals surface area contributed by atoms with Crippen LogP contribution in [-0.2, 0) is 24.8 Å². The highest BCUT2D eigenvalue weighted by Crippen LogP contribution is 2.47. The summed E-state index contributed by atoms with van der Waals surface area (Å²) in [7, 11) is 0. The molecule has 3 aliphatic heterocycles. The molecule has 0 N–H and O–H groups in total. The van der Waals surface area contributed by atoms with E-state index in [1.54, 1.807) is 12.1 Å². The van der Waals surface area contributed by atoms with E-state index in [1.807, 2.05) is 6.07 Å². The van der Waals surface area contributed by atoms with E-state index < -0.39 is 5.41 Å². The standard InChI is InChI=1S/C21H24N6O2/c22-14-21(20-24-23-19-7-2-1-4-11-26(19)20)13-15-12-16(27(28)29)8-9-17(15)25-10-5-3-6-18(21)25/h8-9,12,18H,1-7,10-11,13H2/t18-,21+/m0/s1. The number of benzene rings is 1. The van der Waals surface area contributed by atoms with E-state index in [1.165, 1.54) is 0 Å². The molecule has 2 aromatic rings. The molecular formula is C21H24N6O2. The van der Waals surface area contributed by atoms with Crippen LogP contribution in [0.3, 0.4) is 0 Å². The van der Waals surface area contributed by atoms with Crippen LogP contribution in [0.5, 0.6) is 0 Å². The minimum atomic E-state index is -0.835. The number of nitrogens with zero attached hydrogens (tertiary/aromatic N) is 6. The molecule has 5 rings (SSSR count). The van der Waals surface area contributed by atoms with E-state index in [0.717, 1.165) is 80.9 Å². The maximum atomic E-state index is 11.4. The van der Waals surface area contributed by atoms with Gasteiger partial charge in [-0.3, -0.25) is 10.1 Å². The average Bonchev–Trinajstić information content (AvgIpc) is 3.01. The highest BCUT2D eigenvalue weighted by atomic mass is 16.6. The SMILES string of the molecule is N#C[C@]1(c2nnc3n2CCCCC3)Cc2cc([N+](=O)[O-])ccc2N2CCCC[C@H]21. The van der Waals surface area contributed by atoms with Crippen molar-refractivity contribution >= 4 is 11.4 Å². The lowest BCUT2D eigenvalue weighted by molar-refractivity contribution is -0.384. The summed E-state index contributed by atoms with van der Waals surface area (Å²) >= 11 is 0. The van der Waals surface area contributed by atoms with Crippen LogP contribution in [0.2, 0.25) is 0 Å². The summed E-state index contributed by atoms with van der Waals surface area (Å²) in [5.41, 5.74) is 1.14. The van der Waals surface area contributed by atoms with Crippen LogP contribution >= 0.6 is 0 Å². The van der Waals surface area contributed by atoms with Gasteiger partial charge in [0, 0.05) is 43.8 Å². The third kappa shape index (κ3) is 2.71. The predicted molar refractivity (Wildman–Crippen MR) is 107 cm³/mol. The first kappa shape index (κ1) is 18.1. The molecule has 0 radical (unpaired) electrons. The lowest BCUT2D eigenvalue weighted by Crippen LogP contribution is -2.57. The molecule has 8 heteroatoms. The molecule has 0 amide bonds. The summed E-state index contributed by atoms with van der Waals surface area (Å²) in [6.07, 6.45) is 7.72. The Morgan fingerprint density at radius 3 is 2.86 bits per heavy atom. The summed E-state index contributed by atoms with van der Waals surface area (Å²) in [4.78, 5) is 13.3. The van der Waals surface area contributed by atoms with Crippen LogP contribution in [0.4, 0.5) is 11.4 Å². The highest BCUT2D eigenvalue weighted by Gasteiger charge is 2.52. The van der Waals surface area contributed by atoms with Crippen LogP contribution in [-0.4, -0.2) is 32.3 Å². The molecule has 0 spiro atoms. The normalized spacial score (nSPS) is 25.9. The van der Waals surface area contributed by atoms with E-state index in [4.69, 9.17) is 0 Å². The van der Waals surface area contributed by atoms with Gasteiger partial charge in [-0.15, -0.1) is 10.2 Å². The van der Waals surface area contributed by atoms with E-state index >= 15 is 0 Å². The molecule has 0 unspecified atom stereocenters. The summed E-state index contributed by atoms with van der Waals surface area (Å²) in [5, 5.41) is 30.9. The van der Waals surface area contributed by atoms with Crippen molar-refractivity contribution in [3.63, 3.8) is 0 Å². The number of non-ortho nitro benzene ring substituents is 1. The van der Waals surface area contributed by atoms with Crippen LogP contribution in [0, 0.1) is 21.4 Å². The third-order valence-corrected chi connectivity index (χ3v) is 6.83. The topological polar surface area (TPSA) is 101 Å². The summed E-state index contributed by atoms with van der Waals surface area (Å²) in [6, 6.07) is 7.74. The van der Waals surface area contributed by atoms with Crippen molar-refractivity contribution < 1.29 is 4.92 Å². The number of aromatic nitrogens is 3. The monoisotopic (exact) mass is 392 g/mol. The van der Waals surface area contributed by atoms with Crippen LogP contribution < -0.4 is 4.90 Å². The Balaban J connectivity index is 1.68. The largest absolute Gasteiger partial charge is 0.366 e. The van der Waals surface area contributed by atoms with Gasteiger partial charge in [0.25, 0.3) is 5.69 Å². The second kappa shape index (κ2) is 6.83. The fourth-order valence-corrected chi connectivity index (χ4v) is 5.46. The predicted octanol–water partition coefficient (Wildman–Crippen LogP) is 3.29. The number of fused-ring (bicyclic) bond motifs is 4. The van der Waals surface area contributed by atoms with Crippen LogP contribution in [0.15, 0.2) is 18.2 Å². The molecule has 0 aliphatic carbocycles. The number of piperidine rings is 1. The van der Waals surface area contributed by atoms with Gasteiger partial charge in [0.15, 0.2) is 5.82 Å². The van der Waals surface area contributed by atoms with Gasteiger partial charge >= 0.3 is 0 Å². The number of nitro benzene ring substituents is 1. The number of anilines is 1. The molecule has 8 nitrogen and oxygen atoms in total. The zero-order valence-corrected chi connectivity index (χ0v) is 16.4. The average molecular weight is 392 g/mol. The molecular weight excluding hydrogens is 368 g/mol. The lowest BCUT2D eigenvalue weighted by atomic mass is 9.68. The molecule has 0 saturated carbocycles. The molecule has 2 atom stereocenters. The van der Waals surface area contributed by atoms with Gasteiger partial charge < -0.3 is 9.47 Å². The van der Waals surface area contributed by atoms with E-state index in [9.17, 15) is 15.4 Å². The number of nitro groups is 1. The maximum absolute atomic E-state index is 11.4. The highest BCUT2D eigenvalue weighted by molar-refractivity contribution is 5.64. The van der Waals surface area contributed by atoms with Crippen molar-refractivity contribution in [2.45, 2.75) is 69.4 Å². The van der Waals surface area contributed by atoms with E-state index in [0.29, 0.717) is 6.42 Å². The Labute approximate surface area is 169 Å². The molecule has 1 aromatic carbocycles. The van der Waals surface area contributed by atoms with Gasteiger partial charge in [0.1, 0.15) is 11.2 Å². The molecule has 1 fully saturated rings. The second-order valence-corrected chi connectivity index (χ2v) is 8.44. The Hall–Kier alpha value is -2.95. The molecule has 0 bridgehead atoms. The first-order chi connectivity index (χ1) is 14.1. The zero-order valence-electron chi connectivity index (χ0n) is 16.4. The van der Waals surface area contributed by atoms with Gasteiger partial charge in [-0.25, -0.2) is 0 Å². The lowest BCUT2D eigenvalue weighted by Gasteiger charge is -2.49. The molecule has 29 heavy (non-hydrogen) atoms. The minimum Gasteiger partial charge on any atom is -0.366 e. The third-order valence-electron chi connectivity index (χ3n) is 6.83. The number of rotatable bonds is 2. The fourth-order valence-electron chi connectivity index (χ4n) is 5.46. The number of nitriles is 1. The molecule has 150 valence electrons. The summed E-state index contributed by atoms with van der Waals surface area (Å²) < 4.78 is 2.17. The Morgan fingerprint density at radius 2 is 2.03 bits per heavy atom. The smallest absolute Gasteiger partial charge is 0.269 e. The first-order valence-corrected chi connectivity index (χ1v) is 10.5. The molecule has 3 aliphatic rings. The van der Waals surface area contributed by atoms with E-state index in [-0.39, 0.29) is 16.7 Å². The van der Waals surface area contributed by atoms with Crippen molar-refractivity contribution in [3.8, 4) is 6.07 Å². The Morgan fingerprint density at radius 1 is 1.17 bits per heavy atom. The fraction of sp³-hybridized carbons (Fsp3) is 0.571. The first-order valence-electron chi connectivity index (χ1n) is 10.5. The van der Waals surface area contributed by atoms with Crippen molar-refractivity contribution in [1.29, 1.82) is 5.26 Å². The number of aryl methyl sites for hydroxylation is 1. The minimum absolute atomic E-state index is 0.0201. The van der Waals surface area contributed by atoms with Gasteiger partial charge in [-0.05, 0) is 43.7 Å². The maximum Gasteiger partial charge on any atom is 0.269 e. The van der Waals surface area contributed by atoms with Crippen molar-refractivity contribution in [2.75, 3.05) is 11.4 Å². The number of hydrogen-bond acceptors (Lipinski definition) is 6. The van der Waals surface area contributed by atoms with Gasteiger partial charge in [0.05, 0.1) is 17.0 Å². The van der Waals surface area contributed by atoms with E-state index in [2.05, 4.69) is 25.7 Å². The molecule has 1 aromatic heterocycles. The van der Waals surface area contributed by atoms with Crippen LogP contribution in [0.1, 0.15) is 55.7 Å². The zero-order chi connectivity index (χ0) is 20.0. The van der Waals surface area contributed by atoms with Gasteiger partial charge in [-0.2, -0.15) is 5.26 Å². The quantitative estimate of drug-likeness (QED) is 0.574. The van der Waals surface area contributed by atoms with Crippen molar-refractivity contribution in [2.24, 2.45) is 0 Å². The second-order valence-electron chi connectivity index (χ2n) is 8.44. The molecule has 1 saturated heterocycles. The molecule has 4 heterocycles. The van der Waals surface area contributed by atoms with Crippen LogP contribution in [0.25, 0.3) is 0 Å². The summed E-state index contributed by atoms with van der Waals surface area (Å²) in [5.74, 6) is 1.73. The Kier molecular flexibility index (Phi) is 4.26. The van der Waals surface area contributed by atoms with Gasteiger partial charge in [-0.1, -0.05) is 6.42 Å². The number of hydrogen-bond donors (Lipinski definition) is 0. The van der Waals surface area contributed by atoms with Crippen molar-refractivity contribution in [1.82, 2.24) is 14.8 Å². The van der Waals surface area contributed by atoms with Gasteiger partial charge in [0.2, 0.25) is 0 Å². The summed E-state index contributed by atoms with van der Waals surface area (Å²) in [6.45, 7) is 1.70. The van der Waals surface area contributed by atoms with Crippen molar-refractivity contribution in [3.05, 3.63) is 45.5 Å². The Bertz CT molecular complexity index is 1010.